The SMILES string of the molecule is Cc1c(O[C@@H](C)C2CCC2)nc2c([C@@H](C)Nc3ccc(Cl)nc3C(=O)O)cc(Cl)cn2c1=O. The Balaban J connectivity index is 1.77. The van der Waals surface area contributed by atoms with Crippen molar-refractivity contribution in [2.24, 2.45) is 5.92 Å². The number of hydrogen-bond donors (Lipinski definition) is 2. The fourth-order valence-electron chi connectivity index (χ4n) is 3.94. The molecule has 0 aromatic carbocycles. The molecule has 3 aromatic heterocycles. The minimum absolute atomic E-state index is 0.0450. The Kier molecular flexibility index (Phi) is 6.50. The third-order valence-electron chi connectivity index (χ3n) is 6.11. The van der Waals surface area contributed by atoms with Gasteiger partial charge in [0, 0.05) is 11.8 Å². The van der Waals surface area contributed by atoms with E-state index < -0.39 is 12.0 Å². The second-order valence-corrected chi connectivity index (χ2v) is 9.19. The van der Waals surface area contributed by atoms with Crippen LogP contribution in [0.3, 0.4) is 0 Å². The van der Waals surface area contributed by atoms with Gasteiger partial charge in [0.25, 0.3) is 5.56 Å². The van der Waals surface area contributed by atoms with E-state index in [1.54, 1.807) is 19.1 Å². The smallest absolute Gasteiger partial charge is 0.356 e. The van der Waals surface area contributed by atoms with E-state index in [0.29, 0.717) is 33.6 Å². The van der Waals surface area contributed by atoms with Crippen molar-refractivity contribution in [3.63, 3.8) is 0 Å². The first-order valence-electron chi connectivity index (χ1n) is 10.7. The molecule has 1 saturated carbocycles. The number of carboxylic acid groups (broad SMARTS) is 1. The summed E-state index contributed by atoms with van der Waals surface area (Å²) in [6.45, 7) is 5.50. The van der Waals surface area contributed by atoms with Gasteiger partial charge in [-0.05, 0) is 57.7 Å². The van der Waals surface area contributed by atoms with Gasteiger partial charge in [-0.3, -0.25) is 9.20 Å². The lowest BCUT2D eigenvalue weighted by Crippen LogP contribution is -2.31. The number of halogens is 2. The van der Waals surface area contributed by atoms with Crippen molar-refractivity contribution >= 4 is 40.5 Å². The Morgan fingerprint density at radius 2 is 2.00 bits per heavy atom. The Labute approximate surface area is 200 Å². The molecule has 33 heavy (non-hydrogen) atoms. The Hall–Kier alpha value is -2.84. The Bertz CT molecular complexity index is 1290. The quantitative estimate of drug-likeness (QED) is 0.441. The van der Waals surface area contributed by atoms with E-state index in [-0.39, 0.29) is 28.2 Å². The number of aromatic carboxylic acids is 1. The molecule has 0 unspecified atom stereocenters. The van der Waals surface area contributed by atoms with E-state index in [1.807, 2.05) is 13.8 Å². The van der Waals surface area contributed by atoms with E-state index in [9.17, 15) is 14.7 Å². The van der Waals surface area contributed by atoms with Gasteiger partial charge in [-0.2, -0.15) is 4.98 Å². The highest BCUT2D eigenvalue weighted by Crippen LogP contribution is 2.33. The fourth-order valence-corrected chi connectivity index (χ4v) is 4.30. The molecular weight excluding hydrogens is 467 g/mol. The van der Waals surface area contributed by atoms with Gasteiger partial charge in [0.1, 0.15) is 16.9 Å². The zero-order chi connectivity index (χ0) is 23.9. The van der Waals surface area contributed by atoms with Gasteiger partial charge in [-0.15, -0.1) is 0 Å². The molecule has 4 rings (SSSR count). The molecule has 2 N–H and O–H groups in total. The van der Waals surface area contributed by atoms with E-state index in [1.165, 1.54) is 23.1 Å². The van der Waals surface area contributed by atoms with Crippen molar-refractivity contribution in [1.82, 2.24) is 14.4 Å². The molecule has 10 heteroatoms. The molecule has 0 saturated heterocycles. The molecule has 0 aliphatic heterocycles. The summed E-state index contributed by atoms with van der Waals surface area (Å²) in [6, 6.07) is 4.27. The lowest BCUT2D eigenvalue weighted by atomic mass is 9.82. The van der Waals surface area contributed by atoms with Crippen LogP contribution in [-0.4, -0.2) is 31.5 Å². The average Bonchev–Trinajstić information content (AvgIpc) is 2.71. The van der Waals surface area contributed by atoms with E-state index in [4.69, 9.17) is 27.9 Å². The van der Waals surface area contributed by atoms with Crippen LogP contribution in [0.4, 0.5) is 5.69 Å². The molecule has 0 spiro atoms. The van der Waals surface area contributed by atoms with Crippen LogP contribution in [0.5, 0.6) is 5.88 Å². The summed E-state index contributed by atoms with van der Waals surface area (Å²) >= 11 is 12.2. The molecule has 8 nitrogen and oxygen atoms in total. The van der Waals surface area contributed by atoms with E-state index in [2.05, 4.69) is 15.3 Å². The van der Waals surface area contributed by atoms with Gasteiger partial charge in [-0.25, -0.2) is 9.78 Å². The van der Waals surface area contributed by atoms with Crippen molar-refractivity contribution in [2.75, 3.05) is 5.32 Å². The molecular formula is C23H24Cl2N4O4. The van der Waals surface area contributed by atoms with Gasteiger partial charge < -0.3 is 15.2 Å². The summed E-state index contributed by atoms with van der Waals surface area (Å²) in [4.78, 5) is 33.3. The predicted molar refractivity (Wildman–Crippen MR) is 127 cm³/mol. The summed E-state index contributed by atoms with van der Waals surface area (Å²) in [5, 5.41) is 13.0. The third-order valence-corrected chi connectivity index (χ3v) is 6.53. The third kappa shape index (κ3) is 4.63. The number of fused-ring (bicyclic) bond motifs is 1. The number of ether oxygens (including phenoxy) is 1. The number of nitrogens with zero attached hydrogens (tertiary/aromatic N) is 3. The molecule has 2 atom stereocenters. The van der Waals surface area contributed by atoms with Gasteiger partial charge in [-0.1, -0.05) is 29.6 Å². The maximum absolute atomic E-state index is 13.1. The number of rotatable bonds is 7. The number of hydrogen-bond acceptors (Lipinski definition) is 6. The number of pyridine rings is 2. The second-order valence-electron chi connectivity index (χ2n) is 8.37. The Morgan fingerprint density at radius 3 is 2.64 bits per heavy atom. The van der Waals surface area contributed by atoms with Crippen LogP contribution in [0.1, 0.15) is 60.8 Å². The van der Waals surface area contributed by atoms with Crippen LogP contribution < -0.4 is 15.6 Å². The molecule has 0 amide bonds. The van der Waals surface area contributed by atoms with Crippen LogP contribution in [0.15, 0.2) is 29.2 Å². The van der Waals surface area contributed by atoms with Crippen LogP contribution in [0.25, 0.3) is 5.65 Å². The first kappa shape index (κ1) is 23.3. The molecule has 1 aliphatic carbocycles. The van der Waals surface area contributed by atoms with Crippen LogP contribution in [-0.2, 0) is 0 Å². The summed E-state index contributed by atoms with van der Waals surface area (Å²) < 4.78 is 7.50. The van der Waals surface area contributed by atoms with Gasteiger partial charge in [0.05, 0.1) is 22.3 Å². The zero-order valence-corrected chi connectivity index (χ0v) is 19.9. The monoisotopic (exact) mass is 490 g/mol. The highest BCUT2D eigenvalue weighted by atomic mass is 35.5. The number of anilines is 1. The van der Waals surface area contributed by atoms with Crippen LogP contribution in [0.2, 0.25) is 10.2 Å². The maximum atomic E-state index is 13.1. The van der Waals surface area contributed by atoms with Crippen molar-refractivity contribution in [2.45, 2.75) is 52.2 Å². The van der Waals surface area contributed by atoms with Crippen molar-refractivity contribution in [3.8, 4) is 5.88 Å². The molecule has 0 radical (unpaired) electrons. The first-order chi connectivity index (χ1) is 15.7. The summed E-state index contributed by atoms with van der Waals surface area (Å²) in [5.74, 6) is -0.454. The highest BCUT2D eigenvalue weighted by molar-refractivity contribution is 6.30. The van der Waals surface area contributed by atoms with E-state index in [0.717, 1.165) is 12.8 Å². The van der Waals surface area contributed by atoms with Crippen molar-refractivity contribution in [3.05, 3.63) is 61.7 Å². The standard InChI is InChI=1S/C23H24Cl2N4O4/c1-11-21(33-13(3)14-5-4-6-14)28-20-16(9-15(24)10-29(20)22(11)30)12(2)26-17-7-8-18(25)27-19(17)23(31)32/h7-10,12-14,26H,4-6H2,1-3H3,(H,31,32)/t12-,13+/m1/s1. The highest BCUT2D eigenvalue weighted by Gasteiger charge is 2.27. The topological polar surface area (TPSA) is 106 Å². The van der Waals surface area contributed by atoms with Gasteiger partial charge in [0.15, 0.2) is 5.69 Å². The molecule has 1 aliphatic rings. The first-order valence-corrected chi connectivity index (χ1v) is 11.5. The molecule has 0 bridgehead atoms. The zero-order valence-electron chi connectivity index (χ0n) is 18.4. The van der Waals surface area contributed by atoms with Crippen molar-refractivity contribution < 1.29 is 14.6 Å². The second kappa shape index (κ2) is 9.19. The maximum Gasteiger partial charge on any atom is 0.356 e. The van der Waals surface area contributed by atoms with Gasteiger partial charge >= 0.3 is 5.97 Å². The number of aromatic nitrogens is 3. The fraction of sp³-hybridized carbons (Fsp3) is 0.391. The lowest BCUT2D eigenvalue weighted by Gasteiger charge is -2.31. The lowest BCUT2D eigenvalue weighted by molar-refractivity contribution is 0.0691. The van der Waals surface area contributed by atoms with Crippen LogP contribution >= 0.6 is 23.2 Å². The molecule has 3 aromatic rings. The number of carboxylic acids is 1. The number of carbonyl (C=O) groups is 1. The summed E-state index contributed by atoms with van der Waals surface area (Å²) in [7, 11) is 0. The minimum atomic E-state index is -1.21. The molecule has 174 valence electrons. The largest absolute Gasteiger partial charge is 0.476 e. The van der Waals surface area contributed by atoms with Crippen LogP contribution in [0, 0.1) is 12.8 Å². The number of nitrogens with one attached hydrogen (secondary N) is 1. The minimum Gasteiger partial charge on any atom is -0.476 e. The predicted octanol–water partition coefficient (Wildman–Crippen LogP) is 5.14. The van der Waals surface area contributed by atoms with E-state index >= 15 is 0 Å². The summed E-state index contributed by atoms with van der Waals surface area (Å²) in [5.41, 5.74) is 1.19. The molecule has 1 fully saturated rings. The normalized spacial score (nSPS) is 15.7. The van der Waals surface area contributed by atoms with Gasteiger partial charge in [0.2, 0.25) is 5.88 Å². The summed E-state index contributed by atoms with van der Waals surface area (Å²) in [6.07, 6.45) is 4.87. The Morgan fingerprint density at radius 1 is 1.27 bits per heavy atom. The average molecular weight is 491 g/mol. The van der Waals surface area contributed by atoms with Crippen molar-refractivity contribution in [1.29, 1.82) is 0 Å². The molecule has 3 heterocycles.